The summed E-state index contributed by atoms with van der Waals surface area (Å²) >= 11 is 0. The lowest BCUT2D eigenvalue weighted by Gasteiger charge is -2.45. The van der Waals surface area contributed by atoms with Crippen molar-refractivity contribution in [1.82, 2.24) is 9.80 Å². The van der Waals surface area contributed by atoms with Gasteiger partial charge in [0.05, 0.1) is 0 Å². The van der Waals surface area contributed by atoms with Crippen molar-refractivity contribution in [2.75, 3.05) is 26.2 Å². The summed E-state index contributed by atoms with van der Waals surface area (Å²) in [4.78, 5) is 5.54. The normalized spacial score (nSPS) is 32.5. The second-order valence-electron chi connectivity index (χ2n) is 7.57. The Balaban J connectivity index is 1.97. The van der Waals surface area contributed by atoms with E-state index in [0.717, 1.165) is 18.0 Å². The molecule has 2 fully saturated rings. The van der Waals surface area contributed by atoms with Gasteiger partial charge in [-0.15, -0.1) is 0 Å². The highest BCUT2D eigenvalue weighted by molar-refractivity contribution is 4.92. The molecular weight excluding hydrogens is 220 g/mol. The molecule has 2 nitrogen and oxygen atoms in total. The molecule has 2 aliphatic heterocycles. The molecule has 2 saturated heterocycles. The van der Waals surface area contributed by atoms with Crippen molar-refractivity contribution in [3.8, 4) is 0 Å². The molecule has 2 rings (SSSR count). The Morgan fingerprint density at radius 2 is 1.94 bits per heavy atom. The summed E-state index contributed by atoms with van der Waals surface area (Å²) in [5.74, 6) is 0.777. The molecule has 106 valence electrons. The molecule has 0 saturated carbocycles. The van der Waals surface area contributed by atoms with Crippen LogP contribution in [0.2, 0.25) is 0 Å². The van der Waals surface area contributed by atoms with Crippen LogP contribution < -0.4 is 0 Å². The minimum Gasteiger partial charge on any atom is -0.298 e. The van der Waals surface area contributed by atoms with Crippen molar-refractivity contribution in [2.45, 2.75) is 66.0 Å². The lowest BCUT2D eigenvalue weighted by Crippen LogP contribution is -2.57. The number of fused-ring (bicyclic) bond motifs is 1. The van der Waals surface area contributed by atoms with Crippen LogP contribution in [0.4, 0.5) is 0 Å². The molecule has 3 unspecified atom stereocenters. The van der Waals surface area contributed by atoms with Gasteiger partial charge in [0.1, 0.15) is 0 Å². The van der Waals surface area contributed by atoms with E-state index >= 15 is 0 Å². The standard InChI is InChI=1S/C16H32N2/c1-6-14-11-17-9-7-8-15(17)12-18(14)10-13(2)16(3,4)5/h13-15H,6-12H2,1-5H3. The molecule has 18 heavy (non-hydrogen) atoms. The van der Waals surface area contributed by atoms with Crippen molar-refractivity contribution < 1.29 is 0 Å². The highest BCUT2D eigenvalue weighted by Crippen LogP contribution is 2.30. The topological polar surface area (TPSA) is 6.48 Å². The van der Waals surface area contributed by atoms with Crippen LogP contribution in [0.25, 0.3) is 0 Å². The SMILES string of the molecule is CCC1CN2CCCC2CN1CC(C)C(C)(C)C. The number of piperazine rings is 1. The van der Waals surface area contributed by atoms with Gasteiger partial charge in [-0.3, -0.25) is 9.80 Å². The second kappa shape index (κ2) is 5.50. The largest absolute Gasteiger partial charge is 0.298 e. The minimum absolute atomic E-state index is 0.436. The van der Waals surface area contributed by atoms with E-state index in [1.165, 1.54) is 45.4 Å². The van der Waals surface area contributed by atoms with Gasteiger partial charge in [0, 0.05) is 31.7 Å². The Kier molecular flexibility index (Phi) is 4.38. The van der Waals surface area contributed by atoms with Crippen LogP contribution in [-0.2, 0) is 0 Å². The fourth-order valence-corrected chi connectivity index (χ4v) is 3.38. The van der Waals surface area contributed by atoms with E-state index in [9.17, 15) is 0 Å². The molecule has 0 aromatic carbocycles. The molecular formula is C16H32N2. The zero-order valence-electron chi connectivity index (χ0n) is 13.1. The first-order chi connectivity index (χ1) is 8.41. The molecule has 0 amide bonds. The van der Waals surface area contributed by atoms with Gasteiger partial charge in [0.15, 0.2) is 0 Å². The maximum absolute atomic E-state index is 2.79. The summed E-state index contributed by atoms with van der Waals surface area (Å²) in [5.41, 5.74) is 0.436. The van der Waals surface area contributed by atoms with Crippen LogP contribution in [0.15, 0.2) is 0 Å². The van der Waals surface area contributed by atoms with E-state index in [2.05, 4.69) is 44.4 Å². The summed E-state index contributed by atoms with van der Waals surface area (Å²) < 4.78 is 0. The Hall–Kier alpha value is -0.0800. The van der Waals surface area contributed by atoms with Crippen molar-refractivity contribution >= 4 is 0 Å². The number of nitrogens with zero attached hydrogens (tertiary/aromatic N) is 2. The summed E-state index contributed by atoms with van der Waals surface area (Å²) in [6, 6.07) is 1.66. The fourth-order valence-electron chi connectivity index (χ4n) is 3.38. The van der Waals surface area contributed by atoms with E-state index in [-0.39, 0.29) is 0 Å². The first-order valence-corrected chi connectivity index (χ1v) is 7.90. The van der Waals surface area contributed by atoms with E-state index in [1.54, 1.807) is 0 Å². The van der Waals surface area contributed by atoms with Gasteiger partial charge < -0.3 is 0 Å². The van der Waals surface area contributed by atoms with Gasteiger partial charge in [-0.05, 0) is 37.1 Å². The highest BCUT2D eigenvalue weighted by Gasteiger charge is 2.36. The molecule has 2 heteroatoms. The summed E-state index contributed by atoms with van der Waals surface area (Å²) in [7, 11) is 0. The highest BCUT2D eigenvalue weighted by atomic mass is 15.3. The molecule has 3 atom stereocenters. The van der Waals surface area contributed by atoms with Crippen molar-refractivity contribution in [1.29, 1.82) is 0 Å². The van der Waals surface area contributed by atoms with Crippen LogP contribution in [-0.4, -0.2) is 48.1 Å². The lowest BCUT2D eigenvalue weighted by molar-refractivity contribution is 0.0264. The van der Waals surface area contributed by atoms with Gasteiger partial charge >= 0.3 is 0 Å². The first-order valence-electron chi connectivity index (χ1n) is 7.90. The van der Waals surface area contributed by atoms with Gasteiger partial charge in [0.2, 0.25) is 0 Å². The van der Waals surface area contributed by atoms with Crippen molar-refractivity contribution in [3.63, 3.8) is 0 Å². The molecule has 0 aliphatic carbocycles. The summed E-state index contributed by atoms with van der Waals surface area (Å²) in [6.45, 7) is 17.2. The number of hydrogen-bond acceptors (Lipinski definition) is 2. The maximum Gasteiger partial charge on any atom is 0.0224 e. The minimum atomic E-state index is 0.436. The predicted molar refractivity (Wildman–Crippen MR) is 78.9 cm³/mol. The van der Waals surface area contributed by atoms with Crippen LogP contribution in [0.3, 0.4) is 0 Å². The molecule has 0 N–H and O–H groups in total. The summed E-state index contributed by atoms with van der Waals surface area (Å²) in [5, 5.41) is 0. The molecule has 0 spiro atoms. The van der Waals surface area contributed by atoms with E-state index in [0.29, 0.717) is 5.41 Å². The second-order valence-corrected chi connectivity index (χ2v) is 7.57. The number of hydrogen-bond donors (Lipinski definition) is 0. The third-order valence-corrected chi connectivity index (χ3v) is 5.36. The Morgan fingerprint density at radius 1 is 1.22 bits per heavy atom. The van der Waals surface area contributed by atoms with Gasteiger partial charge in [-0.2, -0.15) is 0 Å². The van der Waals surface area contributed by atoms with E-state index in [4.69, 9.17) is 0 Å². The number of rotatable bonds is 3. The van der Waals surface area contributed by atoms with Crippen LogP contribution in [0, 0.1) is 11.3 Å². The summed E-state index contributed by atoms with van der Waals surface area (Å²) in [6.07, 6.45) is 4.15. The predicted octanol–water partition coefficient (Wildman–Crippen LogP) is 3.23. The molecule has 0 aromatic heterocycles. The Labute approximate surface area is 114 Å². The molecule has 0 radical (unpaired) electrons. The van der Waals surface area contributed by atoms with Gasteiger partial charge in [-0.1, -0.05) is 34.6 Å². The average molecular weight is 252 g/mol. The smallest absolute Gasteiger partial charge is 0.0224 e. The first kappa shape index (κ1) is 14.3. The van der Waals surface area contributed by atoms with E-state index in [1.807, 2.05) is 0 Å². The van der Waals surface area contributed by atoms with Gasteiger partial charge in [-0.25, -0.2) is 0 Å². The quantitative estimate of drug-likeness (QED) is 0.761. The van der Waals surface area contributed by atoms with Crippen LogP contribution >= 0.6 is 0 Å². The third kappa shape index (κ3) is 3.08. The molecule has 2 aliphatic rings. The van der Waals surface area contributed by atoms with Gasteiger partial charge in [0.25, 0.3) is 0 Å². The molecule has 0 bridgehead atoms. The van der Waals surface area contributed by atoms with Crippen LogP contribution in [0.1, 0.15) is 53.9 Å². The van der Waals surface area contributed by atoms with Crippen LogP contribution in [0.5, 0.6) is 0 Å². The Morgan fingerprint density at radius 3 is 2.56 bits per heavy atom. The zero-order chi connectivity index (χ0) is 13.3. The van der Waals surface area contributed by atoms with Crippen molar-refractivity contribution in [2.24, 2.45) is 11.3 Å². The lowest BCUT2D eigenvalue weighted by atomic mass is 9.81. The van der Waals surface area contributed by atoms with Crippen molar-refractivity contribution in [3.05, 3.63) is 0 Å². The third-order valence-electron chi connectivity index (χ3n) is 5.36. The fraction of sp³-hybridized carbons (Fsp3) is 1.00. The monoisotopic (exact) mass is 252 g/mol. The maximum atomic E-state index is 2.79. The molecule has 0 aromatic rings. The van der Waals surface area contributed by atoms with E-state index < -0.39 is 0 Å². The average Bonchev–Trinajstić information content (AvgIpc) is 2.73. The molecule has 2 heterocycles. The zero-order valence-corrected chi connectivity index (χ0v) is 13.1. The Bertz CT molecular complexity index is 269.